The molecule has 11 nitrogen and oxygen atoms in total. The third kappa shape index (κ3) is 2.81. The number of hydrogen-bond donors (Lipinski definition) is 8. The van der Waals surface area contributed by atoms with Crippen molar-refractivity contribution in [3.8, 4) is 46.0 Å². The molecule has 0 aliphatic rings. The summed E-state index contributed by atoms with van der Waals surface area (Å²) in [5.74, 6) is -12.4. The molecule has 0 atom stereocenters. The fourth-order valence-corrected chi connectivity index (χ4v) is 1.77. The summed E-state index contributed by atoms with van der Waals surface area (Å²) in [6.07, 6.45) is 0. The van der Waals surface area contributed by atoms with Crippen LogP contribution in [-0.4, -0.2) is 52.8 Å². The minimum absolute atomic E-state index is 0.492. The highest BCUT2D eigenvalue weighted by atomic mass is 16.6. The molecule has 0 amide bonds. The van der Waals surface area contributed by atoms with Crippen molar-refractivity contribution in [2.75, 3.05) is 0 Å². The molecule has 8 N–H and O–H groups in total. The topological polar surface area (TPSA) is 205 Å². The van der Waals surface area contributed by atoms with Crippen LogP contribution in [-0.2, 0) is 4.74 Å². The van der Waals surface area contributed by atoms with Crippen molar-refractivity contribution in [2.24, 2.45) is 0 Å². The summed E-state index contributed by atoms with van der Waals surface area (Å²) in [5, 5.41) is 74.7. The number of ether oxygens (including phenoxy) is 1. The Balaban J connectivity index is 2.39. The maximum absolute atomic E-state index is 11.9. The lowest BCUT2D eigenvalue weighted by atomic mass is 10.1. The zero-order chi connectivity index (χ0) is 19.0. The van der Waals surface area contributed by atoms with Gasteiger partial charge in [0.05, 0.1) is 0 Å². The van der Waals surface area contributed by atoms with Crippen LogP contribution in [0.2, 0.25) is 0 Å². The number of carbonyl (C=O) groups is 2. The molecule has 0 bridgehead atoms. The molecule has 0 spiro atoms. The SMILES string of the molecule is O=C(OC(=O)c1cc(O)c(O)c(O)c1O)c1cc(O)c(O)c(O)c1O. The lowest BCUT2D eigenvalue weighted by Crippen LogP contribution is -2.13. The van der Waals surface area contributed by atoms with Crippen molar-refractivity contribution in [2.45, 2.75) is 0 Å². The minimum Gasteiger partial charge on any atom is -0.504 e. The summed E-state index contributed by atoms with van der Waals surface area (Å²) in [7, 11) is 0. The summed E-state index contributed by atoms with van der Waals surface area (Å²) < 4.78 is 4.28. The Labute approximate surface area is 137 Å². The van der Waals surface area contributed by atoms with Crippen LogP contribution in [0.15, 0.2) is 12.1 Å². The first kappa shape index (κ1) is 17.3. The second kappa shape index (κ2) is 5.88. The van der Waals surface area contributed by atoms with Gasteiger partial charge in [0, 0.05) is 12.1 Å². The largest absolute Gasteiger partial charge is 0.504 e. The second-order valence-corrected chi connectivity index (χ2v) is 4.66. The molecule has 0 saturated heterocycles. The molecule has 0 aromatic heterocycles. The summed E-state index contributed by atoms with van der Waals surface area (Å²) in [6.45, 7) is 0. The molecule has 2 aromatic carbocycles. The van der Waals surface area contributed by atoms with Gasteiger partial charge in [-0.2, -0.15) is 0 Å². The maximum atomic E-state index is 11.9. The Morgan fingerprint density at radius 1 is 0.560 bits per heavy atom. The van der Waals surface area contributed by atoms with Crippen molar-refractivity contribution in [1.82, 2.24) is 0 Å². The Kier molecular flexibility index (Phi) is 4.08. The van der Waals surface area contributed by atoms with Gasteiger partial charge < -0.3 is 45.6 Å². The number of hydrogen-bond acceptors (Lipinski definition) is 11. The van der Waals surface area contributed by atoms with Gasteiger partial charge in [-0.05, 0) is 0 Å². The maximum Gasteiger partial charge on any atom is 0.350 e. The molecule has 132 valence electrons. The van der Waals surface area contributed by atoms with Gasteiger partial charge in [-0.1, -0.05) is 0 Å². The van der Waals surface area contributed by atoms with Crippen LogP contribution in [0, 0.1) is 0 Å². The third-order valence-corrected chi connectivity index (χ3v) is 3.08. The van der Waals surface area contributed by atoms with Gasteiger partial charge in [0.25, 0.3) is 0 Å². The van der Waals surface area contributed by atoms with Crippen molar-refractivity contribution in [3.05, 3.63) is 23.3 Å². The van der Waals surface area contributed by atoms with E-state index in [1.807, 2.05) is 0 Å². The Morgan fingerprint density at radius 2 is 0.880 bits per heavy atom. The number of esters is 2. The van der Waals surface area contributed by atoms with Crippen LogP contribution in [0.5, 0.6) is 46.0 Å². The first-order valence-electron chi connectivity index (χ1n) is 6.26. The molecule has 2 aromatic rings. The Bertz CT molecular complexity index is 827. The number of rotatable bonds is 2. The molecule has 0 radical (unpaired) electrons. The number of phenolic OH excluding ortho intramolecular Hbond substituents is 8. The van der Waals surface area contributed by atoms with E-state index in [0.29, 0.717) is 12.1 Å². The van der Waals surface area contributed by atoms with E-state index in [-0.39, 0.29) is 0 Å². The van der Waals surface area contributed by atoms with Gasteiger partial charge in [0.2, 0.25) is 23.0 Å². The van der Waals surface area contributed by atoms with E-state index in [0.717, 1.165) is 0 Å². The van der Waals surface area contributed by atoms with Crippen LogP contribution >= 0.6 is 0 Å². The molecule has 0 heterocycles. The van der Waals surface area contributed by atoms with Gasteiger partial charge in [-0.15, -0.1) is 0 Å². The van der Waals surface area contributed by atoms with E-state index < -0.39 is 69.1 Å². The van der Waals surface area contributed by atoms with Gasteiger partial charge in [0.15, 0.2) is 23.0 Å². The molecule has 0 unspecified atom stereocenters. The second-order valence-electron chi connectivity index (χ2n) is 4.66. The summed E-state index contributed by atoms with van der Waals surface area (Å²) in [6, 6.07) is 0.983. The van der Waals surface area contributed by atoms with Crippen LogP contribution in [0.25, 0.3) is 0 Å². The average molecular weight is 354 g/mol. The zero-order valence-electron chi connectivity index (χ0n) is 12.0. The van der Waals surface area contributed by atoms with Gasteiger partial charge >= 0.3 is 11.9 Å². The Hall–Kier alpha value is -4.02. The predicted octanol–water partition coefficient (Wildman–Crippen LogP) is 0.329. The van der Waals surface area contributed by atoms with Crippen molar-refractivity contribution in [1.29, 1.82) is 0 Å². The Morgan fingerprint density at radius 3 is 1.20 bits per heavy atom. The van der Waals surface area contributed by atoms with Gasteiger partial charge in [0.1, 0.15) is 11.1 Å². The number of carbonyl (C=O) groups excluding carboxylic acids is 2. The number of phenols is 8. The number of benzene rings is 2. The van der Waals surface area contributed by atoms with Crippen LogP contribution in [0.4, 0.5) is 0 Å². The molecule has 0 fully saturated rings. The number of aromatic hydroxyl groups is 8. The van der Waals surface area contributed by atoms with Gasteiger partial charge in [-0.25, -0.2) is 9.59 Å². The predicted molar refractivity (Wildman–Crippen MR) is 75.9 cm³/mol. The van der Waals surface area contributed by atoms with Gasteiger partial charge in [-0.3, -0.25) is 0 Å². The monoisotopic (exact) mass is 354 g/mol. The summed E-state index contributed by atoms with van der Waals surface area (Å²) in [5.41, 5.74) is -1.82. The fourth-order valence-electron chi connectivity index (χ4n) is 1.77. The molecule has 0 saturated carbocycles. The van der Waals surface area contributed by atoms with Crippen LogP contribution < -0.4 is 0 Å². The first-order valence-corrected chi connectivity index (χ1v) is 6.26. The third-order valence-electron chi connectivity index (χ3n) is 3.08. The molecular formula is C14H10O11. The van der Waals surface area contributed by atoms with E-state index in [1.165, 1.54) is 0 Å². The van der Waals surface area contributed by atoms with Crippen LogP contribution in [0.3, 0.4) is 0 Å². The fraction of sp³-hybridized carbons (Fsp3) is 0. The first-order chi connectivity index (χ1) is 11.6. The zero-order valence-corrected chi connectivity index (χ0v) is 12.0. The van der Waals surface area contributed by atoms with E-state index in [2.05, 4.69) is 4.74 Å². The van der Waals surface area contributed by atoms with Crippen molar-refractivity contribution in [3.63, 3.8) is 0 Å². The normalized spacial score (nSPS) is 10.4. The average Bonchev–Trinajstić information content (AvgIpc) is 2.57. The quantitative estimate of drug-likeness (QED) is 0.159. The van der Waals surface area contributed by atoms with E-state index in [4.69, 9.17) is 0 Å². The molecule has 25 heavy (non-hydrogen) atoms. The molecular weight excluding hydrogens is 344 g/mol. The van der Waals surface area contributed by atoms with E-state index in [1.54, 1.807) is 0 Å². The standard InChI is InChI=1S/C14H10O11/c15-5-1-3(7(17)11(21)9(5)19)13(23)25-14(24)4-2-6(16)10(20)12(22)8(4)18/h1-2,15-22H. The minimum atomic E-state index is -1.61. The lowest BCUT2D eigenvalue weighted by Gasteiger charge is -2.10. The summed E-state index contributed by atoms with van der Waals surface area (Å²) >= 11 is 0. The lowest BCUT2D eigenvalue weighted by molar-refractivity contribution is 0.0392. The molecule has 11 heteroatoms. The highest BCUT2D eigenvalue weighted by Gasteiger charge is 2.27. The highest BCUT2D eigenvalue weighted by molar-refractivity contribution is 6.06. The molecule has 0 aliphatic carbocycles. The van der Waals surface area contributed by atoms with E-state index in [9.17, 15) is 50.4 Å². The molecule has 2 rings (SSSR count). The summed E-state index contributed by atoms with van der Waals surface area (Å²) in [4.78, 5) is 23.7. The van der Waals surface area contributed by atoms with Crippen LogP contribution in [0.1, 0.15) is 20.7 Å². The molecule has 0 aliphatic heterocycles. The van der Waals surface area contributed by atoms with E-state index >= 15 is 0 Å². The smallest absolute Gasteiger partial charge is 0.350 e. The van der Waals surface area contributed by atoms with Crippen molar-refractivity contribution >= 4 is 11.9 Å². The van der Waals surface area contributed by atoms with Crippen molar-refractivity contribution < 1.29 is 55.2 Å². The highest BCUT2D eigenvalue weighted by Crippen LogP contribution is 2.45.